The van der Waals surface area contributed by atoms with Crippen LogP contribution in [0.3, 0.4) is 0 Å². The summed E-state index contributed by atoms with van der Waals surface area (Å²) in [6.45, 7) is 2.36. The summed E-state index contributed by atoms with van der Waals surface area (Å²) in [6, 6.07) is 11.6. The minimum atomic E-state index is -0.838. The molecule has 1 aromatic carbocycles. The van der Waals surface area contributed by atoms with Gasteiger partial charge in [0.05, 0.1) is 19.3 Å². The Morgan fingerprint density at radius 2 is 2.00 bits per heavy atom. The van der Waals surface area contributed by atoms with Crippen LogP contribution < -0.4 is 10.1 Å². The van der Waals surface area contributed by atoms with Crippen LogP contribution in [0, 0.1) is 0 Å². The summed E-state index contributed by atoms with van der Waals surface area (Å²) in [6.07, 6.45) is 5.44. The van der Waals surface area contributed by atoms with Crippen molar-refractivity contribution in [3.63, 3.8) is 0 Å². The first-order valence-electron chi connectivity index (χ1n) is 9.34. The third-order valence-electron chi connectivity index (χ3n) is 5.14. The molecule has 2 N–H and O–H groups in total. The van der Waals surface area contributed by atoms with Crippen molar-refractivity contribution < 1.29 is 14.6 Å². The Balaban J connectivity index is 1.39. The minimum Gasteiger partial charge on any atom is -0.497 e. The van der Waals surface area contributed by atoms with E-state index >= 15 is 0 Å². The molecule has 1 fully saturated rings. The van der Waals surface area contributed by atoms with Gasteiger partial charge in [-0.1, -0.05) is 18.2 Å². The molecule has 144 valence electrons. The van der Waals surface area contributed by atoms with Crippen LogP contribution in [0.15, 0.2) is 48.8 Å². The maximum Gasteiger partial charge on any atom is 0.234 e. The number of nitrogens with one attached hydrogen (secondary N) is 1. The van der Waals surface area contributed by atoms with Crippen LogP contribution in [0.2, 0.25) is 0 Å². The van der Waals surface area contributed by atoms with Gasteiger partial charge in [0, 0.05) is 37.6 Å². The van der Waals surface area contributed by atoms with Gasteiger partial charge in [-0.25, -0.2) is 0 Å². The Morgan fingerprint density at radius 1 is 1.26 bits per heavy atom. The molecule has 6 nitrogen and oxygen atoms in total. The highest BCUT2D eigenvalue weighted by atomic mass is 16.5. The summed E-state index contributed by atoms with van der Waals surface area (Å²) in [5, 5.41) is 13.8. The summed E-state index contributed by atoms with van der Waals surface area (Å²) in [5.74, 6) is 0.856. The number of ether oxygens (including phenoxy) is 1. The lowest BCUT2D eigenvalue weighted by molar-refractivity contribution is -0.123. The van der Waals surface area contributed by atoms with Crippen LogP contribution in [-0.4, -0.2) is 54.2 Å². The average Bonchev–Trinajstić information content (AvgIpc) is 2.71. The van der Waals surface area contributed by atoms with E-state index in [-0.39, 0.29) is 5.91 Å². The van der Waals surface area contributed by atoms with Gasteiger partial charge in [-0.05, 0) is 43.0 Å². The Morgan fingerprint density at radius 3 is 2.63 bits per heavy atom. The van der Waals surface area contributed by atoms with Crippen LogP contribution in [0.4, 0.5) is 0 Å². The van der Waals surface area contributed by atoms with Gasteiger partial charge in [0.1, 0.15) is 5.75 Å². The second-order valence-electron chi connectivity index (χ2n) is 7.00. The number of carbonyl (C=O) groups is 1. The summed E-state index contributed by atoms with van der Waals surface area (Å²) in [4.78, 5) is 18.4. The smallest absolute Gasteiger partial charge is 0.234 e. The number of pyridine rings is 1. The predicted molar refractivity (Wildman–Crippen MR) is 104 cm³/mol. The summed E-state index contributed by atoms with van der Waals surface area (Å²) in [7, 11) is 1.65. The molecule has 2 aromatic rings. The number of piperidine rings is 1. The topological polar surface area (TPSA) is 74.7 Å². The number of aromatic nitrogens is 1. The van der Waals surface area contributed by atoms with Gasteiger partial charge in [0.25, 0.3) is 0 Å². The van der Waals surface area contributed by atoms with Gasteiger partial charge in [0.2, 0.25) is 5.91 Å². The van der Waals surface area contributed by atoms with Crippen LogP contribution in [-0.2, 0) is 16.8 Å². The van der Waals surface area contributed by atoms with E-state index in [9.17, 15) is 9.90 Å². The molecule has 1 aliphatic heterocycles. The third-order valence-corrected chi connectivity index (χ3v) is 5.14. The first-order valence-corrected chi connectivity index (χ1v) is 9.34. The van der Waals surface area contributed by atoms with E-state index in [1.807, 2.05) is 36.4 Å². The number of likely N-dealkylation sites (tertiary alicyclic amines) is 1. The summed E-state index contributed by atoms with van der Waals surface area (Å²) in [5.41, 5.74) is 1.18. The molecule has 6 heteroatoms. The Kier molecular flexibility index (Phi) is 6.42. The van der Waals surface area contributed by atoms with Gasteiger partial charge in [0.15, 0.2) is 0 Å². The largest absolute Gasteiger partial charge is 0.497 e. The van der Waals surface area contributed by atoms with Gasteiger partial charge in [-0.15, -0.1) is 0 Å². The fraction of sp³-hybridized carbons (Fsp3) is 0.429. The Labute approximate surface area is 160 Å². The first-order chi connectivity index (χ1) is 13.1. The standard InChI is InChI=1S/C21H27N3O3/c1-27-19-6-4-17(5-7-19)8-12-23-20(25)16-24-13-9-21(26,10-14-24)18-3-2-11-22-15-18/h2-7,11,15,26H,8-10,12-14,16H2,1H3,(H,23,25). The molecular weight excluding hydrogens is 342 g/mol. The molecule has 1 saturated heterocycles. The Hall–Kier alpha value is -2.44. The van der Waals surface area contributed by atoms with E-state index in [1.165, 1.54) is 0 Å². The van der Waals surface area contributed by atoms with Gasteiger partial charge < -0.3 is 15.2 Å². The number of amides is 1. The highest BCUT2D eigenvalue weighted by Gasteiger charge is 2.34. The van der Waals surface area contributed by atoms with E-state index < -0.39 is 5.60 Å². The second kappa shape index (κ2) is 8.97. The normalized spacial score (nSPS) is 16.7. The van der Waals surface area contributed by atoms with Crippen molar-refractivity contribution in [1.82, 2.24) is 15.2 Å². The summed E-state index contributed by atoms with van der Waals surface area (Å²) >= 11 is 0. The number of methoxy groups -OCH3 is 1. The summed E-state index contributed by atoms with van der Waals surface area (Å²) < 4.78 is 5.14. The maximum absolute atomic E-state index is 12.2. The molecule has 0 spiro atoms. The van der Waals surface area contributed by atoms with Crippen molar-refractivity contribution >= 4 is 5.91 Å². The maximum atomic E-state index is 12.2. The SMILES string of the molecule is COc1ccc(CCNC(=O)CN2CCC(O)(c3cccnc3)CC2)cc1. The number of nitrogens with zero attached hydrogens (tertiary/aromatic N) is 2. The quantitative estimate of drug-likeness (QED) is 0.778. The lowest BCUT2D eigenvalue weighted by atomic mass is 9.85. The molecule has 2 heterocycles. The molecule has 3 rings (SSSR count). The van der Waals surface area contributed by atoms with E-state index in [4.69, 9.17) is 4.74 Å². The van der Waals surface area contributed by atoms with Crippen molar-refractivity contribution in [1.29, 1.82) is 0 Å². The molecule has 1 amide bonds. The number of carbonyl (C=O) groups excluding carboxylic acids is 1. The number of rotatable bonds is 7. The molecular formula is C21H27N3O3. The van der Waals surface area contributed by atoms with Crippen LogP contribution in [0.1, 0.15) is 24.0 Å². The fourth-order valence-corrected chi connectivity index (χ4v) is 3.41. The van der Waals surface area contributed by atoms with Crippen molar-refractivity contribution in [2.75, 3.05) is 33.3 Å². The zero-order valence-electron chi connectivity index (χ0n) is 15.7. The molecule has 27 heavy (non-hydrogen) atoms. The zero-order chi connectivity index (χ0) is 19.1. The van der Waals surface area contributed by atoms with Crippen LogP contribution >= 0.6 is 0 Å². The van der Waals surface area contributed by atoms with Gasteiger partial charge >= 0.3 is 0 Å². The number of benzene rings is 1. The minimum absolute atomic E-state index is 0.0235. The van der Waals surface area contributed by atoms with E-state index in [0.29, 0.717) is 39.0 Å². The molecule has 0 saturated carbocycles. The van der Waals surface area contributed by atoms with Crippen LogP contribution in [0.25, 0.3) is 0 Å². The molecule has 1 aliphatic rings. The first kappa shape index (κ1) is 19.3. The van der Waals surface area contributed by atoms with E-state index in [1.54, 1.807) is 19.5 Å². The highest BCUT2D eigenvalue weighted by Crippen LogP contribution is 2.31. The average molecular weight is 369 g/mol. The van der Waals surface area contributed by atoms with Gasteiger partial charge in [-0.3, -0.25) is 14.7 Å². The molecule has 0 atom stereocenters. The number of aliphatic hydroxyl groups is 1. The molecule has 0 unspecified atom stereocenters. The van der Waals surface area contributed by atoms with Gasteiger partial charge in [-0.2, -0.15) is 0 Å². The molecule has 0 radical (unpaired) electrons. The van der Waals surface area contributed by atoms with Crippen molar-refractivity contribution in [3.8, 4) is 5.75 Å². The second-order valence-corrected chi connectivity index (χ2v) is 7.00. The van der Waals surface area contributed by atoms with E-state index in [2.05, 4.69) is 15.2 Å². The van der Waals surface area contributed by atoms with Crippen molar-refractivity contribution in [3.05, 3.63) is 59.9 Å². The highest BCUT2D eigenvalue weighted by molar-refractivity contribution is 5.78. The monoisotopic (exact) mass is 369 g/mol. The molecule has 0 aliphatic carbocycles. The zero-order valence-corrected chi connectivity index (χ0v) is 15.7. The third kappa shape index (κ3) is 5.28. The number of hydrogen-bond acceptors (Lipinski definition) is 5. The van der Waals surface area contributed by atoms with Crippen molar-refractivity contribution in [2.45, 2.75) is 24.9 Å². The molecule has 1 aromatic heterocycles. The van der Waals surface area contributed by atoms with E-state index in [0.717, 1.165) is 23.3 Å². The fourth-order valence-electron chi connectivity index (χ4n) is 3.41. The lowest BCUT2D eigenvalue weighted by Gasteiger charge is -2.38. The predicted octanol–water partition coefficient (Wildman–Crippen LogP) is 1.73. The number of hydrogen-bond donors (Lipinski definition) is 2. The Bertz CT molecular complexity index is 726. The van der Waals surface area contributed by atoms with Crippen LogP contribution in [0.5, 0.6) is 5.75 Å². The molecule has 0 bridgehead atoms. The lowest BCUT2D eigenvalue weighted by Crippen LogP contribution is -2.46. The van der Waals surface area contributed by atoms with Crippen molar-refractivity contribution in [2.24, 2.45) is 0 Å².